The molecule has 1 aliphatic rings. The Kier molecular flexibility index (Phi) is 2.62. The summed E-state index contributed by atoms with van der Waals surface area (Å²) in [6.07, 6.45) is -0.0523. The van der Waals surface area contributed by atoms with Crippen LogP contribution in [0, 0.1) is 0 Å². The predicted octanol–water partition coefficient (Wildman–Crippen LogP) is 0.0669. The van der Waals surface area contributed by atoms with Crippen LogP contribution in [0.2, 0.25) is 0 Å². The fourth-order valence-electron chi connectivity index (χ4n) is 1.77. The summed E-state index contributed by atoms with van der Waals surface area (Å²) >= 11 is 0. The van der Waals surface area contributed by atoms with Gasteiger partial charge in [-0.1, -0.05) is 0 Å². The van der Waals surface area contributed by atoms with Gasteiger partial charge in [0.1, 0.15) is 0 Å². The van der Waals surface area contributed by atoms with Gasteiger partial charge in [-0.25, -0.2) is 0 Å². The van der Waals surface area contributed by atoms with Crippen LogP contribution in [0.5, 0.6) is 0 Å². The van der Waals surface area contributed by atoms with E-state index in [9.17, 15) is 9.59 Å². The van der Waals surface area contributed by atoms with Gasteiger partial charge in [-0.15, -0.1) is 0 Å². The molecular weight excluding hydrogens is 208 g/mol. The number of carbonyl (C=O) groups excluding carboxylic acids is 2. The SMILES string of the molecule is Nc1cc(CO)cc(N2CC(=O)CC2=O)c1. The number of nitrogen functional groups attached to an aromatic ring is 1. The van der Waals surface area contributed by atoms with E-state index in [0.717, 1.165) is 0 Å². The van der Waals surface area contributed by atoms with Crippen LogP contribution in [-0.2, 0) is 16.2 Å². The second-order valence-corrected chi connectivity index (χ2v) is 3.79. The van der Waals surface area contributed by atoms with Crippen LogP contribution >= 0.6 is 0 Å². The number of ketones is 1. The van der Waals surface area contributed by atoms with Gasteiger partial charge in [-0.05, 0) is 23.8 Å². The third-order valence-electron chi connectivity index (χ3n) is 2.48. The average molecular weight is 220 g/mol. The minimum absolute atomic E-state index is 0.0523. The Hall–Kier alpha value is -1.88. The molecular formula is C11H12N2O3. The Morgan fingerprint density at radius 2 is 2.06 bits per heavy atom. The van der Waals surface area contributed by atoms with E-state index >= 15 is 0 Å². The molecule has 0 bridgehead atoms. The maximum absolute atomic E-state index is 11.5. The maximum Gasteiger partial charge on any atom is 0.234 e. The zero-order valence-electron chi connectivity index (χ0n) is 8.64. The van der Waals surface area contributed by atoms with E-state index in [1.165, 1.54) is 4.90 Å². The summed E-state index contributed by atoms with van der Waals surface area (Å²) in [6, 6.07) is 4.91. The molecule has 5 nitrogen and oxygen atoms in total. The van der Waals surface area contributed by atoms with Crippen LogP contribution in [0.3, 0.4) is 0 Å². The molecule has 1 aromatic carbocycles. The van der Waals surface area contributed by atoms with Gasteiger partial charge in [-0.3, -0.25) is 9.59 Å². The molecule has 0 unspecified atom stereocenters. The highest BCUT2D eigenvalue weighted by Crippen LogP contribution is 2.24. The van der Waals surface area contributed by atoms with Crippen molar-refractivity contribution >= 4 is 23.1 Å². The van der Waals surface area contributed by atoms with E-state index in [-0.39, 0.29) is 31.3 Å². The molecule has 3 N–H and O–H groups in total. The van der Waals surface area contributed by atoms with Gasteiger partial charge in [0.15, 0.2) is 5.78 Å². The number of anilines is 2. The van der Waals surface area contributed by atoms with Crippen LogP contribution in [0.25, 0.3) is 0 Å². The Balaban J connectivity index is 2.36. The zero-order chi connectivity index (χ0) is 11.7. The number of benzene rings is 1. The maximum atomic E-state index is 11.5. The fourth-order valence-corrected chi connectivity index (χ4v) is 1.77. The molecule has 0 spiro atoms. The first-order valence-corrected chi connectivity index (χ1v) is 4.92. The van der Waals surface area contributed by atoms with Gasteiger partial charge in [0.2, 0.25) is 5.91 Å². The number of Topliss-reactive ketones (excluding diaryl/α,β-unsaturated/α-hetero) is 1. The Labute approximate surface area is 92.5 Å². The fraction of sp³-hybridized carbons (Fsp3) is 0.273. The van der Waals surface area contributed by atoms with Crippen molar-refractivity contribution in [2.45, 2.75) is 13.0 Å². The monoisotopic (exact) mass is 220 g/mol. The molecule has 0 atom stereocenters. The molecule has 1 fully saturated rings. The normalized spacial score (nSPS) is 15.9. The van der Waals surface area contributed by atoms with Crippen LogP contribution in [0.4, 0.5) is 11.4 Å². The number of aliphatic hydroxyl groups is 1. The lowest BCUT2D eigenvalue weighted by Gasteiger charge is -2.16. The molecule has 0 radical (unpaired) electrons. The smallest absolute Gasteiger partial charge is 0.234 e. The van der Waals surface area contributed by atoms with Gasteiger partial charge in [0.05, 0.1) is 19.6 Å². The second-order valence-electron chi connectivity index (χ2n) is 3.79. The standard InChI is InChI=1S/C11H12N2O3/c12-8-1-7(6-14)2-9(3-8)13-5-10(15)4-11(13)16/h1-3,14H,4-6,12H2. The number of rotatable bonds is 2. The number of aliphatic hydroxyl groups excluding tert-OH is 1. The Morgan fingerprint density at radius 3 is 2.62 bits per heavy atom. The van der Waals surface area contributed by atoms with Crippen molar-refractivity contribution in [2.75, 3.05) is 17.2 Å². The summed E-state index contributed by atoms with van der Waals surface area (Å²) in [7, 11) is 0. The van der Waals surface area contributed by atoms with Crippen molar-refractivity contribution in [2.24, 2.45) is 0 Å². The summed E-state index contributed by atoms with van der Waals surface area (Å²) < 4.78 is 0. The summed E-state index contributed by atoms with van der Waals surface area (Å²) in [5, 5.41) is 9.02. The molecule has 1 heterocycles. The molecule has 0 saturated carbocycles. The van der Waals surface area contributed by atoms with E-state index in [1.54, 1.807) is 18.2 Å². The summed E-state index contributed by atoms with van der Waals surface area (Å²) in [5.41, 5.74) is 7.31. The first-order chi connectivity index (χ1) is 7.60. The summed E-state index contributed by atoms with van der Waals surface area (Å²) in [4.78, 5) is 24.0. The zero-order valence-corrected chi connectivity index (χ0v) is 8.64. The lowest BCUT2D eigenvalue weighted by Crippen LogP contribution is -2.24. The molecule has 1 saturated heterocycles. The first-order valence-electron chi connectivity index (χ1n) is 4.92. The number of amides is 1. The molecule has 16 heavy (non-hydrogen) atoms. The number of hydrogen-bond acceptors (Lipinski definition) is 4. The van der Waals surface area contributed by atoms with Gasteiger partial charge < -0.3 is 15.7 Å². The van der Waals surface area contributed by atoms with Crippen LogP contribution in [-0.4, -0.2) is 23.3 Å². The van der Waals surface area contributed by atoms with E-state index in [4.69, 9.17) is 10.8 Å². The second kappa shape index (κ2) is 3.94. The highest BCUT2D eigenvalue weighted by Gasteiger charge is 2.28. The molecule has 1 aromatic rings. The third kappa shape index (κ3) is 1.90. The number of carbonyl (C=O) groups is 2. The van der Waals surface area contributed by atoms with Crippen LogP contribution < -0.4 is 10.6 Å². The van der Waals surface area contributed by atoms with Crippen molar-refractivity contribution in [1.82, 2.24) is 0 Å². The van der Waals surface area contributed by atoms with Crippen molar-refractivity contribution in [3.63, 3.8) is 0 Å². The van der Waals surface area contributed by atoms with Crippen molar-refractivity contribution in [3.8, 4) is 0 Å². The van der Waals surface area contributed by atoms with Gasteiger partial charge in [0.25, 0.3) is 0 Å². The minimum atomic E-state index is -0.223. The van der Waals surface area contributed by atoms with E-state index < -0.39 is 0 Å². The topological polar surface area (TPSA) is 83.6 Å². The highest BCUT2D eigenvalue weighted by molar-refractivity contribution is 6.15. The third-order valence-corrected chi connectivity index (χ3v) is 2.48. The van der Waals surface area contributed by atoms with Crippen molar-refractivity contribution < 1.29 is 14.7 Å². The minimum Gasteiger partial charge on any atom is -0.399 e. The van der Waals surface area contributed by atoms with Crippen molar-refractivity contribution in [1.29, 1.82) is 0 Å². The lowest BCUT2D eigenvalue weighted by atomic mass is 10.1. The molecule has 1 aliphatic heterocycles. The highest BCUT2D eigenvalue weighted by atomic mass is 16.3. The number of nitrogens with zero attached hydrogens (tertiary/aromatic N) is 1. The van der Waals surface area contributed by atoms with Gasteiger partial charge >= 0.3 is 0 Å². The summed E-state index contributed by atoms with van der Waals surface area (Å²) in [6.45, 7) is -0.0544. The first kappa shape index (κ1) is 10.6. The number of hydrogen-bond donors (Lipinski definition) is 2. The predicted molar refractivity (Wildman–Crippen MR) is 58.8 cm³/mol. The van der Waals surface area contributed by atoms with E-state index in [2.05, 4.69) is 0 Å². The van der Waals surface area contributed by atoms with Crippen molar-refractivity contribution in [3.05, 3.63) is 23.8 Å². The molecule has 5 heteroatoms. The summed E-state index contributed by atoms with van der Waals surface area (Å²) in [5.74, 6) is -0.322. The van der Waals surface area contributed by atoms with E-state index in [1.807, 2.05) is 0 Å². The largest absolute Gasteiger partial charge is 0.399 e. The van der Waals surface area contributed by atoms with Crippen LogP contribution in [0.1, 0.15) is 12.0 Å². The van der Waals surface area contributed by atoms with E-state index in [0.29, 0.717) is 16.9 Å². The Bertz CT molecular complexity index is 457. The van der Waals surface area contributed by atoms with Gasteiger partial charge in [-0.2, -0.15) is 0 Å². The number of nitrogens with two attached hydrogens (primary N) is 1. The van der Waals surface area contributed by atoms with Crippen LogP contribution in [0.15, 0.2) is 18.2 Å². The lowest BCUT2D eigenvalue weighted by molar-refractivity contribution is -0.121. The molecule has 0 aliphatic carbocycles. The quantitative estimate of drug-likeness (QED) is 0.545. The van der Waals surface area contributed by atoms with Gasteiger partial charge in [0, 0.05) is 11.4 Å². The molecule has 0 aromatic heterocycles. The molecule has 1 amide bonds. The Morgan fingerprint density at radius 1 is 1.31 bits per heavy atom. The molecule has 2 rings (SSSR count). The molecule has 84 valence electrons. The average Bonchev–Trinajstić information content (AvgIpc) is 2.57.